The number of amides is 1. The summed E-state index contributed by atoms with van der Waals surface area (Å²) in [4.78, 5) is 12.1. The number of halogens is 2. The average Bonchev–Trinajstić information content (AvgIpc) is 3.07. The number of rotatable bonds is 4. The number of benzene rings is 2. The van der Waals surface area contributed by atoms with Gasteiger partial charge in [0.25, 0.3) is 5.91 Å². The zero-order chi connectivity index (χ0) is 17.8. The van der Waals surface area contributed by atoms with E-state index >= 15 is 0 Å². The number of phenolic OH excluding ortho intramolecular Hbond substituents is 1. The van der Waals surface area contributed by atoms with Crippen LogP contribution in [0.25, 0.3) is 11.1 Å². The van der Waals surface area contributed by atoms with Gasteiger partial charge in [0.1, 0.15) is 11.6 Å². The highest BCUT2D eigenvalue weighted by molar-refractivity contribution is 7.15. The molecular formula is C17H11ClFN3O2S. The Morgan fingerprint density at radius 3 is 2.60 bits per heavy atom. The highest BCUT2D eigenvalue weighted by Gasteiger charge is 2.15. The Balaban J connectivity index is 1.75. The molecule has 126 valence electrons. The molecule has 0 aliphatic heterocycles. The minimum atomic E-state index is -0.461. The van der Waals surface area contributed by atoms with Crippen LogP contribution in [0.2, 0.25) is 0 Å². The highest BCUT2D eigenvalue weighted by Crippen LogP contribution is 2.26. The number of carbonyl (C=O) groups is 1. The fourth-order valence-electron chi connectivity index (χ4n) is 1.95. The minimum absolute atomic E-state index is 0.120. The maximum absolute atomic E-state index is 12.9. The molecule has 0 bridgehead atoms. The summed E-state index contributed by atoms with van der Waals surface area (Å²) in [5.74, 6) is -0.730. The van der Waals surface area contributed by atoms with Crippen molar-refractivity contribution >= 4 is 45.6 Å². The van der Waals surface area contributed by atoms with Crippen LogP contribution in [-0.4, -0.2) is 21.2 Å². The first-order valence-electron chi connectivity index (χ1n) is 7.08. The van der Waals surface area contributed by atoms with Gasteiger partial charge < -0.3 is 10.4 Å². The van der Waals surface area contributed by atoms with E-state index in [1.807, 2.05) is 0 Å². The predicted octanol–water partition coefficient (Wildman–Crippen LogP) is 4.37. The van der Waals surface area contributed by atoms with Crippen molar-refractivity contribution in [1.29, 1.82) is 0 Å². The smallest absolute Gasteiger partial charge is 0.286 e. The molecule has 1 amide bonds. The zero-order valence-electron chi connectivity index (χ0n) is 12.6. The van der Waals surface area contributed by atoms with Gasteiger partial charge in [0.15, 0.2) is 5.01 Å². The summed E-state index contributed by atoms with van der Waals surface area (Å²) in [6, 6.07) is 11.9. The molecule has 0 spiro atoms. The van der Waals surface area contributed by atoms with E-state index in [2.05, 4.69) is 15.5 Å². The molecule has 0 saturated heterocycles. The van der Waals surface area contributed by atoms with Gasteiger partial charge in [0.05, 0.1) is 5.03 Å². The van der Waals surface area contributed by atoms with E-state index in [-0.39, 0.29) is 16.6 Å². The molecule has 25 heavy (non-hydrogen) atoms. The summed E-state index contributed by atoms with van der Waals surface area (Å²) in [5.41, 5.74) is 1.14. The third-order valence-corrected chi connectivity index (χ3v) is 4.44. The van der Waals surface area contributed by atoms with Crippen LogP contribution in [0.5, 0.6) is 5.75 Å². The second kappa shape index (κ2) is 7.42. The van der Waals surface area contributed by atoms with Crippen molar-refractivity contribution in [2.24, 2.45) is 0 Å². The molecule has 8 heteroatoms. The predicted molar refractivity (Wildman–Crippen MR) is 96.1 cm³/mol. The molecule has 2 N–H and O–H groups in total. The summed E-state index contributed by atoms with van der Waals surface area (Å²) in [5, 5.41) is 20.6. The fourth-order valence-corrected chi connectivity index (χ4v) is 2.88. The number of anilines is 1. The maximum atomic E-state index is 12.9. The monoisotopic (exact) mass is 375 g/mol. The molecule has 2 aromatic carbocycles. The van der Waals surface area contributed by atoms with Gasteiger partial charge in [-0.05, 0) is 48.0 Å². The number of nitrogens with one attached hydrogen (secondary N) is 1. The summed E-state index contributed by atoms with van der Waals surface area (Å²) in [6.07, 6.45) is 1.61. The van der Waals surface area contributed by atoms with Crippen molar-refractivity contribution in [3.8, 4) is 5.75 Å². The van der Waals surface area contributed by atoms with Crippen LogP contribution in [0.3, 0.4) is 0 Å². The van der Waals surface area contributed by atoms with Gasteiger partial charge in [0.2, 0.25) is 5.01 Å². The number of hydrogen-bond donors (Lipinski definition) is 2. The van der Waals surface area contributed by atoms with Gasteiger partial charge in [-0.2, -0.15) is 0 Å². The molecule has 5 nitrogen and oxygen atoms in total. The molecule has 0 atom stereocenters. The van der Waals surface area contributed by atoms with Crippen LogP contribution in [-0.2, 0) is 0 Å². The summed E-state index contributed by atoms with van der Waals surface area (Å²) in [7, 11) is 0. The molecule has 0 aliphatic rings. The SMILES string of the molecule is O=C(Nc1ccc(F)cc1)c1nnc(C(Cl)=Cc2cccc(O)c2)s1. The molecule has 0 unspecified atom stereocenters. The van der Waals surface area contributed by atoms with Gasteiger partial charge in [-0.25, -0.2) is 4.39 Å². The lowest BCUT2D eigenvalue weighted by Gasteiger charge is -2.01. The molecule has 3 rings (SSSR count). The summed E-state index contributed by atoms with van der Waals surface area (Å²) < 4.78 is 12.9. The first-order valence-corrected chi connectivity index (χ1v) is 8.28. The van der Waals surface area contributed by atoms with Crippen LogP contribution in [0.4, 0.5) is 10.1 Å². The zero-order valence-corrected chi connectivity index (χ0v) is 14.2. The first-order chi connectivity index (χ1) is 12.0. The van der Waals surface area contributed by atoms with Crippen molar-refractivity contribution in [2.45, 2.75) is 0 Å². The normalized spacial score (nSPS) is 11.4. The van der Waals surface area contributed by atoms with Gasteiger partial charge in [0, 0.05) is 5.69 Å². The molecular weight excluding hydrogens is 365 g/mol. The van der Waals surface area contributed by atoms with Crippen molar-refractivity contribution in [2.75, 3.05) is 5.32 Å². The first kappa shape index (κ1) is 17.1. The minimum Gasteiger partial charge on any atom is -0.508 e. The second-order valence-corrected chi connectivity index (χ2v) is 6.35. The molecule has 0 aliphatic carbocycles. The molecule has 0 radical (unpaired) electrons. The Kier molecular flexibility index (Phi) is 5.06. The largest absolute Gasteiger partial charge is 0.508 e. The van der Waals surface area contributed by atoms with Gasteiger partial charge >= 0.3 is 0 Å². The average molecular weight is 376 g/mol. The van der Waals surface area contributed by atoms with Crippen LogP contribution in [0.15, 0.2) is 48.5 Å². The van der Waals surface area contributed by atoms with Gasteiger partial charge in [-0.3, -0.25) is 4.79 Å². The second-order valence-electron chi connectivity index (χ2n) is 4.96. The van der Waals surface area contributed by atoms with Gasteiger partial charge in [-0.1, -0.05) is 35.1 Å². The van der Waals surface area contributed by atoms with Crippen molar-refractivity contribution in [3.05, 3.63) is 69.9 Å². The highest BCUT2D eigenvalue weighted by atomic mass is 35.5. The number of aromatic hydroxyl groups is 1. The Hall–Kier alpha value is -2.77. The van der Waals surface area contributed by atoms with Crippen LogP contribution in [0, 0.1) is 5.82 Å². The summed E-state index contributed by atoms with van der Waals surface area (Å²) in [6.45, 7) is 0. The Morgan fingerprint density at radius 1 is 1.16 bits per heavy atom. The van der Waals surface area contributed by atoms with Gasteiger partial charge in [-0.15, -0.1) is 10.2 Å². The van der Waals surface area contributed by atoms with E-state index in [1.165, 1.54) is 24.3 Å². The van der Waals surface area contributed by atoms with E-state index in [0.717, 1.165) is 11.3 Å². The van der Waals surface area contributed by atoms with E-state index in [9.17, 15) is 14.3 Å². The lowest BCUT2D eigenvalue weighted by atomic mass is 10.2. The number of hydrogen-bond acceptors (Lipinski definition) is 5. The topological polar surface area (TPSA) is 75.1 Å². The number of phenols is 1. The number of aromatic nitrogens is 2. The lowest BCUT2D eigenvalue weighted by molar-refractivity contribution is 0.102. The van der Waals surface area contributed by atoms with Crippen molar-refractivity contribution < 1.29 is 14.3 Å². The molecule has 1 aromatic heterocycles. The Labute approximate surface area is 151 Å². The number of nitrogens with zero attached hydrogens (tertiary/aromatic N) is 2. The fraction of sp³-hybridized carbons (Fsp3) is 0. The summed E-state index contributed by atoms with van der Waals surface area (Å²) >= 11 is 7.23. The van der Waals surface area contributed by atoms with E-state index < -0.39 is 5.91 Å². The Bertz CT molecular complexity index is 941. The van der Waals surface area contributed by atoms with E-state index in [1.54, 1.807) is 30.3 Å². The van der Waals surface area contributed by atoms with E-state index in [0.29, 0.717) is 21.3 Å². The number of carbonyl (C=O) groups excluding carboxylic acids is 1. The standard InChI is InChI=1S/C17H11ClFN3O2S/c18-14(9-10-2-1-3-13(23)8-10)16-21-22-17(25-16)15(24)20-12-6-4-11(19)5-7-12/h1-9,23H,(H,20,24). The third kappa shape index (κ3) is 4.40. The van der Waals surface area contributed by atoms with Crippen molar-refractivity contribution in [1.82, 2.24) is 10.2 Å². The van der Waals surface area contributed by atoms with Crippen LogP contribution in [0.1, 0.15) is 20.4 Å². The molecule has 0 fully saturated rings. The van der Waals surface area contributed by atoms with Crippen LogP contribution < -0.4 is 5.32 Å². The lowest BCUT2D eigenvalue weighted by Crippen LogP contribution is -2.11. The third-order valence-electron chi connectivity index (χ3n) is 3.09. The quantitative estimate of drug-likeness (QED) is 0.710. The van der Waals surface area contributed by atoms with Crippen molar-refractivity contribution in [3.63, 3.8) is 0 Å². The molecule has 0 saturated carbocycles. The molecule has 1 heterocycles. The van der Waals surface area contributed by atoms with E-state index in [4.69, 9.17) is 11.6 Å². The van der Waals surface area contributed by atoms with Crippen LogP contribution >= 0.6 is 22.9 Å². The molecule has 3 aromatic rings. The maximum Gasteiger partial charge on any atom is 0.286 e. The Morgan fingerprint density at radius 2 is 1.88 bits per heavy atom.